The predicted molar refractivity (Wildman–Crippen MR) is 52.7 cm³/mol. The Morgan fingerprint density at radius 1 is 1.58 bits per heavy atom. The molecule has 0 aliphatic rings. The lowest BCUT2D eigenvalue weighted by atomic mass is 9.94. The van der Waals surface area contributed by atoms with Crippen molar-refractivity contribution in [2.75, 3.05) is 0 Å². The van der Waals surface area contributed by atoms with Gasteiger partial charge in [0.2, 0.25) is 0 Å². The third kappa shape index (κ3) is 1.63. The predicted octanol–water partition coefficient (Wildman–Crippen LogP) is 3.51. The zero-order valence-corrected chi connectivity index (χ0v) is 8.88. The molecule has 0 aliphatic carbocycles. The maximum atomic E-state index is 8.86. The van der Waals surface area contributed by atoms with Crippen molar-refractivity contribution in [3.05, 3.63) is 20.8 Å². The fourth-order valence-electron chi connectivity index (χ4n) is 0.823. The monoisotopic (exact) mass is 199 g/mol. The van der Waals surface area contributed by atoms with E-state index in [1.54, 1.807) is 11.3 Å². The van der Waals surface area contributed by atoms with Crippen molar-refractivity contribution >= 4 is 22.9 Å². The summed E-state index contributed by atoms with van der Waals surface area (Å²) in [5, 5.41) is 9.62. The van der Waals surface area contributed by atoms with E-state index in [1.807, 2.05) is 26.8 Å². The molecule has 0 N–H and O–H groups in total. The third-order valence-electron chi connectivity index (χ3n) is 1.75. The molecule has 3 heteroatoms. The number of nitrogens with zero attached hydrogens (tertiary/aromatic N) is 1. The molecular weight excluding hydrogens is 190 g/mol. The van der Waals surface area contributed by atoms with Crippen LogP contribution in [-0.4, -0.2) is 0 Å². The summed E-state index contributed by atoms with van der Waals surface area (Å²) < 4.78 is 0. The Balaban J connectivity index is 3.14. The van der Waals surface area contributed by atoms with Gasteiger partial charge in [0.15, 0.2) is 0 Å². The second-order valence-electron chi connectivity index (χ2n) is 3.25. The molecule has 0 aliphatic heterocycles. The van der Waals surface area contributed by atoms with Crippen LogP contribution in [0, 0.1) is 18.3 Å². The quantitative estimate of drug-likeness (QED) is 0.679. The van der Waals surface area contributed by atoms with Crippen LogP contribution in [0.4, 0.5) is 0 Å². The van der Waals surface area contributed by atoms with Gasteiger partial charge in [-0.05, 0) is 26.8 Å². The first-order valence-electron chi connectivity index (χ1n) is 3.65. The maximum absolute atomic E-state index is 8.86. The molecule has 0 unspecified atom stereocenters. The lowest BCUT2D eigenvalue weighted by Gasteiger charge is -2.11. The van der Waals surface area contributed by atoms with Crippen molar-refractivity contribution in [3.8, 4) is 6.07 Å². The van der Waals surface area contributed by atoms with E-state index >= 15 is 0 Å². The molecule has 12 heavy (non-hydrogen) atoms. The summed E-state index contributed by atoms with van der Waals surface area (Å²) >= 11 is 7.48. The highest BCUT2D eigenvalue weighted by Crippen LogP contribution is 2.34. The first-order chi connectivity index (χ1) is 5.47. The molecule has 1 aromatic heterocycles. The molecule has 0 radical (unpaired) electrons. The summed E-state index contributed by atoms with van der Waals surface area (Å²) in [4.78, 5) is 2.11. The van der Waals surface area contributed by atoms with Gasteiger partial charge >= 0.3 is 0 Å². The number of halogens is 1. The third-order valence-corrected chi connectivity index (χ3v) is 3.63. The molecule has 0 amide bonds. The van der Waals surface area contributed by atoms with Crippen molar-refractivity contribution < 1.29 is 0 Å². The Bertz CT molecular complexity index is 313. The summed E-state index contributed by atoms with van der Waals surface area (Å²) in [6.45, 7) is 5.76. The van der Waals surface area contributed by atoms with Gasteiger partial charge in [0.05, 0.1) is 16.5 Å². The first kappa shape index (κ1) is 9.57. The van der Waals surface area contributed by atoms with Crippen LogP contribution >= 0.6 is 22.9 Å². The molecule has 0 atom stereocenters. The van der Waals surface area contributed by atoms with Crippen LogP contribution in [0.3, 0.4) is 0 Å². The summed E-state index contributed by atoms with van der Waals surface area (Å²) in [6, 6.07) is 4.13. The highest BCUT2D eigenvalue weighted by atomic mass is 35.5. The zero-order valence-electron chi connectivity index (χ0n) is 7.31. The van der Waals surface area contributed by atoms with E-state index < -0.39 is 5.41 Å². The van der Waals surface area contributed by atoms with Crippen LogP contribution in [0.5, 0.6) is 0 Å². The van der Waals surface area contributed by atoms with Crippen LogP contribution in [-0.2, 0) is 5.41 Å². The van der Waals surface area contributed by atoms with Gasteiger partial charge in [0.25, 0.3) is 0 Å². The lowest BCUT2D eigenvalue weighted by molar-refractivity contribution is 0.703. The Morgan fingerprint density at radius 3 is 2.50 bits per heavy atom. The minimum atomic E-state index is -0.414. The van der Waals surface area contributed by atoms with E-state index in [0.717, 1.165) is 14.8 Å². The number of aryl methyl sites for hydroxylation is 1. The van der Waals surface area contributed by atoms with Gasteiger partial charge in [-0.2, -0.15) is 5.26 Å². The average molecular weight is 200 g/mol. The molecule has 64 valence electrons. The van der Waals surface area contributed by atoms with E-state index in [9.17, 15) is 0 Å². The summed E-state index contributed by atoms with van der Waals surface area (Å²) in [7, 11) is 0. The van der Waals surface area contributed by atoms with Crippen LogP contribution in [0.1, 0.15) is 23.6 Å². The van der Waals surface area contributed by atoms with Gasteiger partial charge in [-0.3, -0.25) is 0 Å². The molecule has 0 spiro atoms. The number of hydrogen-bond donors (Lipinski definition) is 0. The molecule has 1 nitrogen and oxygen atoms in total. The fourth-order valence-corrected chi connectivity index (χ4v) is 2.08. The Labute approximate surface area is 81.6 Å². The van der Waals surface area contributed by atoms with Crippen LogP contribution in [0.15, 0.2) is 6.07 Å². The van der Waals surface area contributed by atoms with E-state index in [0.29, 0.717) is 0 Å². The van der Waals surface area contributed by atoms with Gasteiger partial charge in [-0.15, -0.1) is 11.3 Å². The fraction of sp³-hybridized carbons (Fsp3) is 0.444. The number of rotatable bonds is 1. The molecule has 0 aromatic carbocycles. The van der Waals surface area contributed by atoms with Gasteiger partial charge < -0.3 is 0 Å². The van der Waals surface area contributed by atoms with Crippen molar-refractivity contribution in [3.63, 3.8) is 0 Å². The molecule has 1 rings (SSSR count). The smallest absolute Gasteiger partial charge is 0.0859 e. The number of thiophene rings is 1. The topological polar surface area (TPSA) is 23.8 Å². The van der Waals surface area contributed by atoms with E-state index in [1.165, 1.54) is 0 Å². The van der Waals surface area contributed by atoms with Crippen molar-refractivity contribution in [1.82, 2.24) is 0 Å². The number of nitriles is 1. The van der Waals surface area contributed by atoms with Crippen molar-refractivity contribution in [2.24, 2.45) is 0 Å². The largest absolute Gasteiger partial charge is 0.197 e. The standard InChI is InChI=1S/C9H10ClNS/c1-6-7(10)4-8(12-6)9(2,3)5-11/h4H,1-3H3. The van der Waals surface area contributed by atoms with Crippen LogP contribution in [0.25, 0.3) is 0 Å². The van der Waals surface area contributed by atoms with E-state index in [-0.39, 0.29) is 0 Å². The summed E-state index contributed by atoms with van der Waals surface area (Å²) in [6.07, 6.45) is 0. The molecular formula is C9H10ClNS. The Hall–Kier alpha value is -0.520. The van der Waals surface area contributed by atoms with Crippen molar-refractivity contribution in [2.45, 2.75) is 26.2 Å². The minimum Gasteiger partial charge on any atom is -0.197 e. The van der Waals surface area contributed by atoms with Gasteiger partial charge in [0.1, 0.15) is 0 Å². The van der Waals surface area contributed by atoms with Crippen LogP contribution < -0.4 is 0 Å². The SMILES string of the molecule is Cc1sc(C(C)(C)C#N)cc1Cl. The Morgan fingerprint density at radius 2 is 2.17 bits per heavy atom. The zero-order chi connectivity index (χ0) is 9.35. The normalized spacial score (nSPS) is 11.2. The molecule has 1 aromatic rings. The molecule has 0 saturated carbocycles. The molecule has 0 bridgehead atoms. The highest BCUT2D eigenvalue weighted by Gasteiger charge is 2.22. The molecule has 1 heterocycles. The average Bonchev–Trinajstić information content (AvgIpc) is 2.33. The first-order valence-corrected chi connectivity index (χ1v) is 4.84. The summed E-state index contributed by atoms with van der Waals surface area (Å²) in [5.74, 6) is 0. The van der Waals surface area contributed by atoms with Crippen molar-refractivity contribution in [1.29, 1.82) is 5.26 Å². The Kier molecular flexibility index (Phi) is 2.46. The molecule has 0 saturated heterocycles. The van der Waals surface area contributed by atoms with E-state index in [4.69, 9.17) is 16.9 Å². The summed E-state index contributed by atoms with van der Waals surface area (Å²) in [5.41, 5.74) is -0.414. The lowest BCUT2D eigenvalue weighted by Crippen LogP contribution is -2.11. The molecule has 0 fully saturated rings. The van der Waals surface area contributed by atoms with E-state index in [2.05, 4.69) is 6.07 Å². The number of hydrogen-bond acceptors (Lipinski definition) is 2. The second kappa shape index (κ2) is 3.08. The van der Waals surface area contributed by atoms with Gasteiger partial charge in [-0.25, -0.2) is 0 Å². The van der Waals surface area contributed by atoms with Crippen LogP contribution in [0.2, 0.25) is 5.02 Å². The minimum absolute atomic E-state index is 0.414. The van der Waals surface area contributed by atoms with Gasteiger partial charge in [0, 0.05) is 9.75 Å². The maximum Gasteiger partial charge on any atom is 0.0859 e. The van der Waals surface area contributed by atoms with Gasteiger partial charge in [-0.1, -0.05) is 11.6 Å². The second-order valence-corrected chi connectivity index (χ2v) is 4.92. The highest BCUT2D eigenvalue weighted by molar-refractivity contribution is 7.12.